The van der Waals surface area contributed by atoms with Crippen LogP contribution in [-0.4, -0.2) is 35.6 Å². The van der Waals surface area contributed by atoms with E-state index in [9.17, 15) is 4.79 Å². The lowest BCUT2D eigenvalue weighted by Gasteiger charge is -2.21. The Kier molecular flexibility index (Phi) is 6.77. The van der Waals surface area contributed by atoms with Gasteiger partial charge in [-0.15, -0.1) is 11.3 Å². The minimum atomic E-state index is 0.0112. The molecular formula is C12H18BrNO2S. The number of carbonyl (C=O) groups is 1. The molecule has 0 saturated carbocycles. The monoisotopic (exact) mass is 319 g/mol. The van der Waals surface area contributed by atoms with Crippen LogP contribution in [0.5, 0.6) is 0 Å². The highest BCUT2D eigenvalue weighted by atomic mass is 79.9. The van der Waals surface area contributed by atoms with Gasteiger partial charge in [0.1, 0.15) is 0 Å². The number of thiophene rings is 1. The summed E-state index contributed by atoms with van der Waals surface area (Å²) in [6.07, 6.45) is 3.24. The van der Waals surface area contributed by atoms with Crippen LogP contribution in [-0.2, 0) is 0 Å². The standard InChI is InChI=1S/C12H18BrNO2S/c1-2-3-4-5-14(6-7-15)12(16)10-8-11(13)17-9-10/h8-9,15H,2-7H2,1H3. The number of amides is 1. The summed E-state index contributed by atoms with van der Waals surface area (Å²) in [7, 11) is 0. The van der Waals surface area contributed by atoms with E-state index in [-0.39, 0.29) is 12.5 Å². The molecule has 1 aromatic rings. The Hall–Kier alpha value is -0.390. The second-order valence-electron chi connectivity index (χ2n) is 3.86. The van der Waals surface area contributed by atoms with E-state index in [0.29, 0.717) is 12.1 Å². The molecular weight excluding hydrogens is 302 g/mol. The molecule has 0 atom stereocenters. The third-order valence-corrected chi connectivity index (χ3v) is 4.01. The van der Waals surface area contributed by atoms with Crippen LogP contribution >= 0.6 is 27.3 Å². The first-order valence-electron chi connectivity index (χ1n) is 5.83. The predicted octanol–water partition coefficient (Wildman–Crippen LogP) is 3.14. The number of hydrogen-bond donors (Lipinski definition) is 1. The van der Waals surface area contributed by atoms with Gasteiger partial charge in [0.25, 0.3) is 5.91 Å². The van der Waals surface area contributed by atoms with Gasteiger partial charge in [0.2, 0.25) is 0 Å². The van der Waals surface area contributed by atoms with E-state index in [1.807, 2.05) is 11.4 Å². The molecule has 1 amide bonds. The molecule has 17 heavy (non-hydrogen) atoms. The van der Waals surface area contributed by atoms with Gasteiger partial charge < -0.3 is 10.0 Å². The van der Waals surface area contributed by atoms with Crippen LogP contribution in [0, 0.1) is 0 Å². The highest BCUT2D eigenvalue weighted by Gasteiger charge is 2.15. The highest BCUT2D eigenvalue weighted by Crippen LogP contribution is 2.21. The van der Waals surface area contributed by atoms with Crippen molar-refractivity contribution in [2.24, 2.45) is 0 Å². The maximum absolute atomic E-state index is 12.1. The zero-order valence-electron chi connectivity index (χ0n) is 9.99. The SMILES string of the molecule is CCCCCN(CCO)C(=O)c1csc(Br)c1. The van der Waals surface area contributed by atoms with E-state index < -0.39 is 0 Å². The lowest BCUT2D eigenvalue weighted by atomic mass is 10.2. The van der Waals surface area contributed by atoms with Gasteiger partial charge in [0, 0.05) is 18.5 Å². The largest absolute Gasteiger partial charge is 0.395 e. The fourth-order valence-electron chi connectivity index (χ4n) is 1.59. The van der Waals surface area contributed by atoms with Gasteiger partial charge in [-0.3, -0.25) is 4.79 Å². The van der Waals surface area contributed by atoms with Crippen molar-refractivity contribution in [3.63, 3.8) is 0 Å². The molecule has 1 N–H and O–H groups in total. The van der Waals surface area contributed by atoms with Crippen molar-refractivity contribution in [3.8, 4) is 0 Å². The van der Waals surface area contributed by atoms with E-state index in [1.165, 1.54) is 11.3 Å². The summed E-state index contributed by atoms with van der Waals surface area (Å²) in [6.45, 7) is 3.29. The van der Waals surface area contributed by atoms with E-state index in [2.05, 4.69) is 22.9 Å². The maximum Gasteiger partial charge on any atom is 0.254 e. The third kappa shape index (κ3) is 4.77. The Balaban J connectivity index is 2.59. The number of hydrogen-bond acceptors (Lipinski definition) is 3. The Bertz CT molecular complexity index is 354. The molecule has 0 saturated heterocycles. The molecule has 96 valence electrons. The van der Waals surface area contributed by atoms with Gasteiger partial charge in [-0.05, 0) is 28.4 Å². The van der Waals surface area contributed by atoms with Crippen molar-refractivity contribution in [2.75, 3.05) is 19.7 Å². The molecule has 5 heteroatoms. The third-order valence-electron chi connectivity index (χ3n) is 2.50. The molecule has 0 unspecified atom stereocenters. The molecule has 3 nitrogen and oxygen atoms in total. The van der Waals surface area contributed by atoms with Crippen LogP contribution in [0.2, 0.25) is 0 Å². The Morgan fingerprint density at radius 2 is 2.24 bits per heavy atom. The van der Waals surface area contributed by atoms with Crippen LogP contribution in [0.3, 0.4) is 0 Å². The van der Waals surface area contributed by atoms with Gasteiger partial charge >= 0.3 is 0 Å². The topological polar surface area (TPSA) is 40.5 Å². The maximum atomic E-state index is 12.1. The molecule has 0 spiro atoms. The zero-order valence-corrected chi connectivity index (χ0v) is 12.4. The Labute approximate surface area is 115 Å². The van der Waals surface area contributed by atoms with Crippen molar-refractivity contribution in [1.82, 2.24) is 4.90 Å². The molecule has 1 rings (SSSR count). The molecule has 0 fully saturated rings. The quantitative estimate of drug-likeness (QED) is 0.784. The van der Waals surface area contributed by atoms with Crippen molar-refractivity contribution >= 4 is 33.2 Å². The van der Waals surface area contributed by atoms with Crippen LogP contribution in [0.25, 0.3) is 0 Å². The Morgan fingerprint density at radius 3 is 2.76 bits per heavy atom. The first kappa shape index (κ1) is 14.7. The average Bonchev–Trinajstić information content (AvgIpc) is 2.74. The fraction of sp³-hybridized carbons (Fsp3) is 0.583. The molecule has 0 aromatic carbocycles. The molecule has 0 aliphatic carbocycles. The highest BCUT2D eigenvalue weighted by molar-refractivity contribution is 9.11. The van der Waals surface area contributed by atoms with E-state index in [0.717, 1.165) is 29.6 Å². The normalized spacial score (nSPS) is 10.5. The molecule has 0 radical (unpaired) electrons. The number of halogens is 1. The zero-order chi connectivity index (χ0) is 12.7. The van der Waals surface area contributed by atoms with Gasteiger partial charge in [-0.25, -0.2) is 0 Å². The summed E-state index contributed by atoms with van der Waals surface area (Å²) >= 11 is 4.85. The van der Waals surface area contributed by atoms with Gasteiger partial charge in [0.05, 0.1) is 16.0 Å². The first-order valence-corrected chi connectivity index (χ1v) is 7.50. The molecule has 0 aliphatic rings. The van der Waals surface area contributed by atoms with Gasteiger partial charge in [-0.2, -0.15) is 0 Å². The molecule has 1 aromatic heterocycles. The minimum Gasteiger partial charge on any atom is -0.395 e. The van der Waals surface area contributed by atoms with Crippen molar-refractivity contribution < 1.29 is 9.90 Å². The first-order chi connectivity index (χ1) is 8.19. The summed E-state index contributed by atoms with van der Waals surface area (Å²) in [5.74, 6) is 0.0112. The number of aliphatic hydroxyl groups is 1. The smallest absolute Gasteiger partial charge is 0.254 e. The number of rotatable bonds is 7. The van der Waals surface area contributed by atoms with E-state index in [4.69, 9.17) is 5.11 Å². The van der Waals surface area contributed by atoms with Crippen molar-refractivity contribution in [2.45, 2.75) is 26.2 Å². The van der Waals surface area contributed by atoms with Crippen LogP contribution in [0.4, 0.5) is 0 Å². The van der Waals surface area contributed by atoms with Crippen LogP contribution < -0.4 is 0 Å². The summed E-state index contributed by atoms with van der Waals surface area (Å²) in [4.78, 5) is 13.9. The van der Waals surface area contributed by atoms with E-state index >= 15 is 0 Å². The summed E-state index contributed by atoms with van der Waals surface area (Å²) in [6, 6.07) is 1.83. The number of unbranched alkanes of at least 4 members (excludes halogenated alkanes) is 2. The number of carbonyl (C=O) groups excluding carboxylic acids is 1. The van der Waals surface area contributed by atoms with Gasteiger partial charge in [0.15, 0.2) is 0 Å². The summed E-state index contributed by atoms with van der Waals surface area (Å²) in [5, 5.41) is 10.8. The molecule has 0 aliphatic heterocycles. The fourth-order valence-corrected chi connectivity index (χ4v) is 2.72. The Morgan fingerprint density at radius 1 is 1.47 bits per heavy atom. The average molecular weight is 320 g/mol. The summed E-state index contributed by atoms with van der Waals surface area (Å²) in [5.41, 5.74) is 0.701. The second-order valence-corrected chi connectivity index (χ2v) is 6.15. The summed E-state index contributed by atoms with van der Waals surface area (Å²) < 4.78 is 0.957. The second kappa shape index (κ2) is 7.84. The number of aliphatic hydroxyl groups excluding tert-OH is 1. The van der Waals surface area contributed by atoms with E-state index in [1.54, 1.807) is 4.90 Å². The predicted molar refractivity (Wildman–Crippen MR) is 74.5 cm³/mol. The van der Waals surface area contributed by atoms with Crippen LogP contribution in [0.1, 0.15) is 36.5 Å². The molecule has 0 bridgehead atoms. The lowest BCUT2D eigenvalue weighted by Crippen LogP contribution is -2.34. The van der Waals surface area contributed by atoms with Crippen molar-refractivity contribution in [3.05, 3.63) is 20.8 Å². The number of nitrogens with zero attached hydrogens (tertiary/aromatic N) is 1. The lowest BCUT2D eigenvalue weighted by molar-refractivity contribution is 0.0719. The van der Waals surface area contributed by atoms with Crippen LogP contribution in [0.15, 0.2) is 15.2 Å². The minimum absolute atomic E-state index is 0.0112. The molecule has 1 heterocycles. The van der Waals surface area contributed by atoms with Crippen molar-refractivity contribution in [1.29, 1.82) is 0 Å². The van der Waals surface area contributed by atoms with Gasteiger partial charge in [-0.1, -0.05) is 19.8 Å².